The van der Waals surface area contributed by atoms with Gasteiger partial charge in [-0.25, -0.2) is 4.39 Å². The van der Waals surface area contributed by atoms with E-state index in [-0.39, 0.29) is 16.3 Å². The van der Waals surface area contributed by atoms with E-state index in [2.05, 4.69) is 33.0 Å². The van der Waals surface area contributed by atoms with Crippen LogP contribution in [0.1, 0.15) is 46.1 Å². The van der Waals surface area contributed by atoms with Crippen molar-refractivity contribution < 1.29 is 4.39 Å². The molecule has 0 aliphatic heterocycles. The Kier molecular flexibility index (Phi) is 6.28. The largest absolute Gasteiger partial charge is 0.313 e. The van der Waals surface area contributed by atoms with Crippen LogP contribution in [0.4, 0.5) is 4.39 Å². The fourth-order valence-electron chi connectivity index (χ4n) is 2.20. The summed E-state index contributed by atoms with van der Waals surface area (Å²) in [7, 11) is 0. The standard InChI is InChI=1S/C16H25ClFN/c1-5-11-19-14(16(2,3)4)10-9-12-7-6-8-13(18)15(12)17/h6-8,14,19H,5,9-11H2,1-4H3. The Morgan fingerprint density at radius 1 is 1.32 bits per heavy atom. The first-order valence-electron chi connectivity index (χ1n) is 7.02. The van der Waals surface area contributed by atoms with Crippen molar-refractivity contribution in [1.29, 1.82) is 0 Å². The van der Waals surface area contributed by atoms with Gasteiger partial charge in [0.25, 0.3) is 0 Å². The summed E-state index contributed by atoms with van der Waals surface area (Å²) < 4.78 is 13.4. The maximum Gasteiger partial charge on any atom is 0.142 e. The molecule has 1 rings (SSSR count). The highest BCUT2D eigenvalue weighted by atomic mass is 35.5. The summed E-state index contributed by atoms with van der Waals surface area (Å²) in [6.45, 7) is 9.86. The lowest BCUT2D eigenvalue weighted by molar-refractivity contribution is 0.255. The van der Waals surface area contributed by atoms with Gasteiger partial charge < -0.3 is 5.32 Å². The zero-order valence-electron chi connectivity index (χ0n) is 12.4. The van der Waals surface area contributed by atoms with Crippen LogP contribution in [0.5, 0.6) is 0 Å². The van der Waals surface area contributed by atoms with Gasteiger partial charge in [-0.15, -0.1) is 0 Å². The van der Waals surface area contributed by atoms with Gasteiger partial charge in [0.2, 0.25) is 0 Å². The van der Waals surface area contributed by atoms with E-state index < -0.39 is 0 Å². The summed E-state index contributed by atoms with van der Waals surface area (Å²) in [6.07, 6.45) is 2.88. The lowest BCUT2D eigenvalue weighted by Gasteiger charge is -2.32. The van der Waals surface area contributed by atoms with E-state index in [4.69, 9.17) is 11.6 Å². The van der Waals surface area contributed by atoms with E-state index in [1.54, 1.807) is 6.07 Å². The molecule has 0 saturated carbocycles. The molecule has 19 heavy (non-hydrogen) atoms. The molecule has 0 aliphatic carbocycles. The van der Waals surface area contributed by atoms with Gasteiger partial charge in [0.15, 0.2) is 0 Å². The topological polar surface area (TPSA) is 12.0 Å². The van der Waals surface area contributed by atoms with E-state index in [1.165, 1.54) is 6.07 Å². The molecule has 108 valence electrons. The molecule has 0 heterocycles. The van der Waals surface area contributed by atoms with Crippen molar-refractivity contribution in [3.05, 3.63) is 34.6 Å². The lowest BCUT2D eigenvalue weighted by Crippen LogP contribution is -2.41. The average Bonchev–Trinajstić information content (AvgIpc) is 2.32. The number of aryl methyl sites for hydroxylation is 1. The number of nitrogens with one attached hydrogen (secondary N) is 1. The fraction of sp³-hybridized carbons (Fsp3) is 0.625. The van der Waals surface area contributed by atoms with Crippen molar-refractivity contribution in [2.45, 2.75) is 53.0 Å². The molecule has 0 aromatic heterocycles. The SMILES string of the molecule is CCCNC(CCc1cccc(F)c1Cl)C(C)(C)C. The van der Waals surface area contributed by atoms with Crippen molar-refractivity contribution in [2.75, 3.05) is 6.54 Å². The Bertz CT molecular complexity index is 398. The van der Waals surface area contributed by atoms with E-state index >= 15 is 0 Å². The molecular formula is C16H25ClFN. The molecule has 1 nitrogen and oxygen atoms in total. The van der Waals surface area contributed by atoms with E-state index in [9.17, 15) is 4.39 Å². The lowest BCUT2D eigenvalue weighted by atomic mass is 9.83. The molecule has 3 heteroatoms. The minimum Gasteiger partial charge on any atom is -0.313 e. The summed E-state index contributed by atoms with van der Waals surface area (Å²) in [5.41, 5.74) is 1.09. The van der Waals surface area contributed by atoms with Crippen molar-refractivity contribution in [1.82, 2.24) is 5.32 Å². The fourth-order valence-corrected chi connectivity index (χ4v) is 2.42. The minimum atomic E-state index is -0.326. The van der Waals surface area contributed by atoms with Crippen molar-refractivity contribution in [3.63, 3.8) is 0 Å². The maximum atomic E-state index is 13.4. The predicted molar refractivity (Wildman–Crippen MR) is 81.3 cm³/mol. The second-order valence-corrected chi connectivity index (χ2v) is 6.50. The second kappa shape index (κ2) is 7.25. The molecule has 1 aromatic rings. The molecule has 0 spiro atoms. The summed E-state index contributed by atoms with van der Waals surface area (Å²) in [4.78, 5) is 0. The van der Waals surface area contributed by atoms with Gasteiger partial charge in [0, 0.05) is 6.04 Å². The Hall–Kier alpha value is -0.600. The van der Waals surface area contributed by atoms with Crippen molar-refractivity contribution in [3.8, 4) is 0 Å². The van der Waals surface area contributed by atoms with Crippen LogP contribution in [-0.2, 0) is 6.42 Å². The summed E-state index contributed by atoms with van der Waals surface area (Å²) >= 11 is 6.00. The molecule has 0 aliphatic rings. The van der Waals surface area contributed by atoms with Gasteiger partial charge in [-0.05, 0) is 42.9 Å². The Labute approximate surface area is 121 Å². The van der Waals surface area contributed by atoms with Gasteiger partial charge in [-0.3, -0.25) is 0 Å². The number of rotatable bonds is 6. The third-order valence-electron chi connectivity index (χ3n) is 3.42. The predicted octanol–water partition coefficient (Wildman–Crippen LogP) is 4.83. The number of halogens is 2. The number of benzene rings is 1. The second-order valence-electron chi connectivity index (χ2n) is 6.12. The first-order chi connectivity index (χ1) is 8.86. The molecule has 0 radical (unpaired) electrons. The molecular weight excluding hydrogens is 261 g/mol. The molecule has 0 saturated heterocycles. The number of hydrogen-bond donors (Lipinski definition) is 1. The third kappa shape index (κ3) is 5.12. The van der Waals surface area contributed by atoms with Gasteiger partial charge in [0.1, 0.15) is 5.82 Å². The molecule has 1 unspecified atom stereocenters. The van der Waals surface area contributed by atoms with Crippen LogP contribution in [0.25, 0.3) is 0 Å². The smallest absolute Gasteiger partial charge is 0.142 e. The van der Waals surface area contributed by atoms with Gasteiger partial charge in [-0.2, -0.15) is 0 Å². The first kappa shape index (κ1) is 16.5. The van der Waals surface area contributed by atoms with Gasteiger partial charge in [0.05, 0.1) is 5.02 Å². The van der Waals surface area contributed by atoms with Crippen LogP contribution < -0.4 is 5.32 Å². The van der Waals surface area contributed by atoms with Crippen molar-refractivity contribution >= 4 is 11.6 Å². The van der Waals surface area contributed by atoms with Gasteiger partial charge >= 0.3 is 0 Å². The third-order valence-corrected chi connectivity index (χ3v) is 3.84. The summed E-state index contributed by atoms with van der Waals surface area (Å²) in [5.74, 6) is -0.326. The highest BCUT2D eigenvalue weighted by molar-refractivity contribution is 6.31. The maximum absolute atomic E-state index is 13.4. The average molecular weight is 286 g/mol. The molecule has 0 bridgehead atoms. The molecule has 0 fully saturated rings. The number of hydrogen-bond acceptors (Lipinski definition) is 1. The zero-order chi connectivity index (χ0) is 14.5. The van der Waals surface area contributed by atoms with E-state index in [0.29, 0.717) is 6.04 Å². The monoisotopic (exact) mass is 285 g/mol. The zero-order valence-corrected chi connectivity index (χ0v) is 13.1. The Balaban J connectivity index is 2.68. The quantitative estimate of drug-likeness (QED) is 0.790. The molecule has 0 amide bonds. The van der Waals surface area contributed by atoms with Crippen LogP contribution in [0.2, 0.25) is 5.02 Å². The van der Waals surface area contributed by atoms with Crippen molar-refractivity contribution in [2.24, 2.45) is 5.41 Å². The molecule has 1 aromatic carbocycles. The summed E-state index contributed by atoms with van der Waals surface area (Å²) in [5, 5.41) is 3.85. The van der Waals surface area contributed by atoms with Gasteiger partial charge in [-0.1, -0.05) is 51.4 Å². The van der Waals surface area contributed by atoms with Crippen LogP contribution in [-0.4, -0.2) is 12.6 Å². The van der Waals surface area contributed by atoms with E-state index in [0.717, 1.165) is 31.4 Å². The van der Waals surface area contributed by atoms with Crippen LogP contribution in [0.15, 0.2) is 18.2 Å². The molecule has 1 atom stereocenters. The minimum absolute atomic E-state index is 0.189. The van der Waals surface area contributed by atoms with Crippen LogP contribution in [0, 0.1) is 11.2 Å². The highest BCUT2D eigenvalue weighted by Crippen LogP contribution is 2.26. The Morgan fingerprint density at radius 2 is 2.00 bits per heavy atom. The first-order valence-corrected chi connectivity index (χ1v) is 7.40. The molecule has 1 N–H and O–H groups in total. The summed E-state index contributed by atoms with van der Waals surface area (Å²) in [6, 6.07) is 5.45. The van der Waals surface area contributed by atoms with Crippen LogP contribution >= 0.6 is 11.6 Å². The van der Waals surface area contributed by atoms with E-state index in [1.807, 2.05) is 6.07 Å². The highest BCUT2D eigenvalue weighted by Gasteiger charge is 2.23. The normalized spacial score (nSPS) is 13.6. The van der Waals surface area contributed by atoms with Crippen LogP contribution in [0.3, 0.4) is 0 Å². The Morgan fingerprint density at radius 3 is 2.58 bits per heavy atom.